The van der Waals surface area contributed by atoms with Crippen LogP contribution >= 0.6 is 24.0 Å². The second-order valence-corrected chi connectivity index (χ2v) is 5.81. The lowest BCUT2D eigenvalue weighted by atomic mass is 10.2. The molecule has 0 aliphatic carbocycles. The molecule has 0 bridgehead atoms. The van der Waals surface area contributed by atoms with E-state index >= 15 is 0 Å². The number of rotatable bonds is 2. The van der Waals surface area contributed by atoms with E-state index in [9.17, 15) is 4.79 Å². The van der Waals surface area contributed by atoms with Crippen molar-refractivity contribution in [2.75, 3.05) is 18.1 Å². The van der Waals surface area contributed by atoms with Gasteiger partial charge in [0.25, 0.3) is 5.91 Å². The zero-order valence-electron chi connectivity index (χ0n) is 10.1. The van der Waals surface area contributed by atoms with Crippen molar-refractivity contribution in [2.45, 2.75) is 13.0 Å². The third-order valence-electron chi connectivity index (χ3n) is 2.90. The van der Waals surface area contributed by atoms with Gasteiger partial charge in [-0.05, 0) is 19.1 Å². The lowest BCUT2D eigenvalue weighted by Crippen LogP contribution is -2.44. The molecule has 1 amide bonds. The van der Waals surface area contributed by atoms with Crippen molar-refractivity contribution in [2.24, 2.45) is 5.73 Å². The summed E-state index contributed by atoms with van der Waals surface area (Å²) in [7, 11) is 0. The van der Waals surface area contributed by atoms with Gasteiger partial charge in [-0.2, -0.15) is 11.8 Å². The minimum absolute atomic E-state index is 0.0164. The summed E-state index contributed by atoms with van der Waals surface area (Å²) in [6.45, 7) is 2.84. The molecule has 0 spiro atoms. The van der Waals surface area contributed by atoms with Crippen molar-refractivity contribution in [1.29, 1.82) is 0 Å². The number of carbonyl (C=O) groups is 1. The molecule has 2 rings (SSSR count). The van der Waals surface area contributed by atoms with Crippen LogP contribution in [0.1, 0.15) is 23.0 Å². The number of aromatic nitrogens is 1. The Kier molecular flexibility index (Phi) is 4.19. The third-order valence-corrected chi connectivity index (χ3v) is 4.32. The minimum atomic E-state index is -0.0164. The average molecular weight is 281 g/mol. The smallest absolute Gasteiger partial charge is 0.272 e. The number of nitrogens with two attached hydrogens (primary N) is 1. The number of thiocarbonyl (C=S) groups is 1. The van der Waals surface area contributed by atoms with Gasteiger partial charge in [0.2, 0.25) is 0 Å². The monoisotopic (exact) mass is 281 g/mol. The van der Waals surface area contributed by atoms with Crippen LogP contribution in [0.25, 0.3) is 0 Å². The van der Waals surface area contributed by atoms with E-state index in [1.54, 1.807) is 18.3 Å². The molecule has 2 N–H and O–H groups in total. The minimum Gasteiger partial charge on any atom is -0.389 e. The summed E-state index contributed by atoms with van der Waals surface area (Å²) in [5.41, 5.74) is 6.63. The lowest BCUT2D eigenvalue weighted by Gasteiger charge is -2.32. The summed E-state index contributed by atoms with van der Waals surface area (Å²) in [4.78, 5) is 18.6. The van der Waals surface area contributed by atoms with E-state index in [-0.39, 0.29) is 11.9 Å². The van der Waals surface area contributed by atoms with Crippen molar-refractivity contribution in [3.63, 3.8) is 0 Å². The molecule has 1 aliphatic rings. The average Bonchev–Trinajstić information content (AvgIpc) is 2.38. The summed E-state index contributed by atoms with van der Waals surface area (Å²) in [5.74, 6) is 1.95. The van der Waals surface area contributed by atoms with E-state index in [0.717, 1.165) is 18.1 Å². The topological polar surface area (TPSA) is 59.2 Å². The second-order valence-electron chi connectivity index (χ2n) is 4.22. The van der Waals surface area contributed by atoms with Crippen molar-refractivity contribution in [3.05, 3.63) is 29.6 Å². The van der Waals surface area contributed by atoms with Gasteiger partial charge in [0.05, 0.1) is 0 Å². The Hall–Kier alpha value is -1.14. The summed E-state index contributed by atoms with van der Waals surface area (Å²) >= 11 is 6.73. The lowest BCUT2D eigenvalue weighted by molar-refractivity contribution is 0.0710. The quantitative estimate of drug-likeness (QED) is 0.828. The van der Waals surface area contributed by atoms with Crippen molar-refractivity contribution in [3.8, 4) is 0 Å². The van der Waals surface area contributed by atoms with Crippen LogP contribution in [0.2, 0.25) is 0 Å². The Labute approximate surface area is 116 Å². The highest BCUT2D eigenvalue weighted by atomic mass is 32.2. The molecule has 1 aromatic rings. The Morgan fingerprint density at radius 2 is 2.39 bits per heavy atom. The fourth-order valence-electron chi connectivity index (χ4n) is 1.84. The molecular weight excluding hydrogens is 266 g/mol. The number of hydrogen-bond acceptors (Lipinski definition) is 4. The summed E-state index contributed by atoms with van der Waals surface area (Å²) in [6.07, 6.45) is 1.55. The largest absolute Gasteiger partial charge is 0.389 e. The third kappa shape index (κ3) is 2.81. The number of hydrogen-bond donors (Lipinski definition) is 1. The number of nitrogens with zero attached hydrogens (tertiary/aromatic N) is 2. The van der Waals surface area contributed by atoms with Crippen LogP contribution in [0.5, 0.6) is 0 Å². The first-order valence-electron chi connectivity index (χ1n) is 5.74. The van der Waals surface area contributed by atoms with Crippen LogP contribution in [0.15, 0.2) is 18.3 Å². The number of thioether (sulfide) groups is 1. The molecule has 6 heteroatoms. The van der Waals surface area contributed by atoms with Gasteiger partial charge in [0.15, 0.2) is 0 Å². The van der Waals surface area contributed by atoms with Gasteiger partial charge in [-0.3, -0.25) is 9.78 Å². The van der Waals surface area contributed by atoms with E-state index in [4.69, 9.17) is 18.0 Å². The molecule has 0 radical (unpaired) electrons. The highest BCUT2D eigenvalue weighted by molar-refractivity contribution is 7.99. The van der Waals surface area contributed by atoms with Gasteiger partial charge >= 0.3 is 0 Å². The van der Waals surface area contributed by atoms with E-state index in [1.807, 2.05) is 16.7 Å². The molecular formula is C12H15N3OS2. The maximum absolute atomic E-state index is 12.3. The number of amides is 1. The maximum atomic E-state index is 12.3. The molecule has 1 fully saturated rings. The molecule has 2 heterocycles. The van der Waals surface area contributed by atoms with Gasteiger partial charge in [-0.25, -0.2) is 0 Å². The van der Waals surface area contributed by atoms with Crippen LogP contribution < -0.4 is 5.73 Å². The molecule has 1 aliphatic heterocycles. The predicted molar refractivity (Wildman–Crippen MR) is 77.9 cm³/mol. The SMILES string of the molecule is CC1CSCCN1C(=O)c1ccc(C(N)=S)cn1. The standard InChI is InChI=1S/C12H15N3OS2/c1-8-7-18-5-4-15(8)12(16)10-3-2-9(6-14-10)11(13)17/h2-3,6,8H,4-5,7H2,1H3,(H2,13,17). The molecule has 1 saturated heterocycles. The number of pyridine rings is 1. The fourth-order valence-corrected chi connectivity index (χ4v) is 2.98. The second kappa shape index (κ2) is 5.67. The molecule has 96 valence electrons. The van der Waals surface area contributed by atoms with E-state index in [1.165, 1.54) is 0 Å². The van der Waals surface area contributed by atoms with Gasteiger partial charge < -0.3 is 10.6 Å². The molecule has 4 nitrogen and oxygen atoms in total. The fraction of sp³-hybridized carbons (Fsp3) is 0.417. The van der Waals surface area contributed by atoms with Crippen LogP contribution in [-0.2, 0) is 0 Å². The summed E-state index contributed by atoms with van der Waals surface area (Å²) in [5, 5.41) is 0. The molecule has 1 aromatic heterocycles. The maximum Gasteiger partial charge on any atom is 0.272 e. The van der Waals surface area contributed by atoms with E-state index in [0.29, 0.717) is 16.2 Å². The van der Waals surface area contributed by atoms with Gasteiger partial charge in [-0.15, -0.1) is 0 Å². The Balaban J connectivity index is 2.15. The Bertz CT molecular complexity index is 461. The van der Waals surface area contributed by atoms with Crippen molar-refractivity contribution < 1.29 is 4.79 Å². The molecule has 1 atom stereocenters. The summed E-state index contributed by atoms with van der Waals surface area (Å²) < 4.78 is 0. The number of carbonyl (C=O) groups excluding carboxylic acids is 1. The molecule has 0 aromatic carbocycles. The van der Waals surface area contributed by atoms with E-state index in [2.05, 4.69) is 11.9 Å². The normalized spacial score (nSPS) is 19.6. The molecule has 18 heavy (non-hydrogen) atoms. The van der Waals surface area contributed by atoms with E-state index < -0.39 is 0 Å². The van der Waals surface area contributed by atoms with Gasteiger partial charge in [0, 0.05) is 35.9 Å². The highest BCUT2D eigenvalue weighted by Gasteiger charge is 2.25. The van der Waals surface area contributed by atoms with Crippen molar-refractivity contribution >= 4 is 34.9 Å². The van der Waals surface area contributed by atoms with Gasteiger partial charge in [-0.1, -0.05) is 12.2 Å². The van der Waals surface area contributed by atoms with Crippen LogP contribution in [-0.4, -0.2) is 44.9 Å². The Morgan fingerprint density at radius 3 is 2.94 bits per heavy atom. The highest BCUT2D eigenvalue weighted by Crippen LogP contribution is 2.18. The van der Waals surface area contributed by atoms with Gasteiger partial charge in [0.1, 0.15) is 10.7 Å². The first-order chi connectivity index (χ1) is 8.59. The van der Waals surface area contributed by atoms with Crippen LogP contribution in [0, 0.1) is 0 Å². The Morgan fingerprint density at radius 1 is 1.61 bits per heavy atom. The first kappa shape index (κ1) is 13.3. The van der Waals surface area contributed by atoms with Crippen LogP contribution in [0.3, 0.4) is 0 Å². The predicted octanol–water partition coefficient (Wildman–Crippen LogP) is 1.29. The summed E-state index contributed by atoms with van der Waals surface area (Å²) in [6, 6.07) is 3.69. The zero-order valence-corrected chi connectivity index (χ0v) is 11.8. The molecule has 0 saturated carbocycles. The zero-order chi connectivity index (χ0) is 13.1. The van der Waals surface area contributed by atoms with Crippen LogP contribution in [0.4, 0.5) is 0 Å². The first-order valence-corrected chi connectivity index (χ1v) is 7.30. The molecule has 1 unspecified atom stereocenters. The van der Waals surface area contributed by atoms with Crippen molar-refractivity contribution in [1.82, 2.24) is 9.88 Å².